The van der Waals surface area contributed by atoms with Crippen molar-refractivity contribution < 1.29 is 14.7 Å². The number of halogens is 2. The summed E-state index contributed by atoms with van der Waals surface area (Å²) in [5, 5.41) is 11.0. The van der Waals surface area contributed by atoms with Gasteiger partial charge >= 0.3 is 5.97 Å². The van der Waals surface area contributed by atoms with Crippen molar-refractivity contribution in [2.24, 2.45) is 0 Å². The molecule has 1 aromatic rings. The van der Waals surface area contributed by atoms with Crippen LogP contribution in [0.5, 0.6) is 0 Å². The van der Waals surface area contributed by atoms with Crippen LogP contribution in [0.2, 0.25) is 0 Å². The van der Waals surface area contributed by atoms with Gasteiger partial charge in [-0.15, -0.1) is 0 Å². The number of nitrogens with zero attached hydrogens (tertiary/aromatic N) is 2. The van der Waals surface area contributed by atoms with Crippen LogP contribution in [-0.2, 0) is 9.59 Å². The van der Waals surface area contributed by atoms with Crippen molar-refractivity contribution in [3.8, 4) is 0 Å². The predicted octanol–water partition coefficient (Wildman–Crippen LogP) is 2.20. The highest BCUT2D eigenvalue weighted by Crippen LogP contribution is 2.19. The van der Waals surface area contributed by atoms with Crippen LogP contribution < -0.4 is 5.32 Å². The van der Waals surface area contributed by atoms with Crippen molar-refractivity contribution >= 4 is 49.6 Å². The molecule has 1 heterocycles. The van der Waals surface area contributed by atoms with Gasteiger partial charge in [-0.3, -0.25) is 9.59 Å². The molecule has 0 aromatic carbocycles. The maximum atomic E-state index is 11.4. The molecule has 6 nitrogen and oxygen atoms in total. The largest absolute Gasteiger partial charge is 0.481 e. The lowest BCUT2D eigenvalue weighted by Gasteiger charge is -2.05. The molecule has 0 unspecified atom stereocenters. The number of hydrogen-bond donors (Lipinski definition) is 2. The molecular weight excluding hydrogens is 358 g/mol. The van der Waals surface area contributed by atoms with Crippen LogP contribution in [0.25, 0.3) is 0 Å². The molecule has 0 atom stereocenters. The molecule has 2 N–H and O–H groups in total. The first-order valence-corrected chi connectivity index (χ1v) is 6.27. The number of aromatic nitrogens is 2. The van der Waals surface area contributed by atoms with E-state index < -0.39 is 5.97 Å². The standard InChI is InChI=1S/C9H9Br2N3O3/c10-5-4-12-9(8(11)13-5)14-6(15)2-1-3-7(16)17/h4H,1-3H2,(H,16,17)(H,12,14,15). The Kier molecular flexibility index (Phi) is 5.49. The Labute approximate surface area is 114 Å². The summed E-state index contributed by atoms with van der Waals surface area (Å²) in [5.74, 6) is -0.889. The van der Waals surface area contributed by atoms with Crippen molar-refractivity contribution in [1.29, 1.82) is 0 Å². The Morgan fingerprint density at radius 1 is 1.35 bits per heavy atom. The number of aliphatic carboxylic acids is 1. The fourth-order valence-corrected chi connectivity index (χ4v) is 1.94. The quantitative estimate of drug-likeness (QED) is 0.833. The Hall–Kier alpha value is -1.02. The average Bonchev–Trinajstić information content (AvgIpc) is 2.21. The third-order valence-corrected chi connectivity index (χ3v) is 2.69. The molecule has 0 aliphatic carbocycles. The maximum Gasteiger partial charge on any atom is 0.303 e. The van der Waals surface area contributed by atoms with Crippen LogP contribution in [-0.4, -0.2) is 27.0 Å². The molecular formula is C9H9Br2N3O3. The van der Waals surface area contributed by atoms with Gasteiger partial charge in [-0.05, 0) is 38.3 Å². The van der Waals surface area contributed by atoms with E-state index in [-0.39, 0.29) is 18.7 Å². The number of rotatable bonds is 5. The fraction of sp³-hybridized carbons (Fsp3) is 0.333. The summed E-state index contributed by atoms with van der Waals surface area (Å²) in [6, 6.07) is 0. The SMILES string of the molecule is O=C(O)CCCC(=O)Nc1ncc(Br)nc1Br. The van der Waals surface area contributed by atoms with E-state index >= 15 is 0 Å². The Balaban J connectivity index is 2.48. The maximum absolute atomic E-state index is 11.4. The van der Waals surface area contributed by atoms with Gasteiger partial charge in [0.1, 0.15) is 9.21 Å². The Morgan fingerprint density at radius 2 is 2.06 bits per heavy atom. The summed E-state index contributed by atoms with van der Waals surface area (Å²) in [7, 11) is 0. The molecule has 0 spiro atoms. The van der Waals surface area contributed by atoms with E-state index in [2.05, 4.69) is 47.1 Å². The predicted molar refractivity (Wildman–Crippen MR) is 67.5 cm³/mol. The zero-order valence-electron chi connectivity index (χ0n) is 8.61. The monoisotopic (exact) mass is 365 g/mol. The van der Waals surface area contributed by atoms with Crippen molar-refractivity contribution in [1.82, 2.24) is 9.97 Å². The van der Waals surface area contributed by atoms with Crippen molar-refractivity contribution in [2.75, 3.05) is 5.32 Å². The smallest absolute Gasteiger partial charge is 0.303 e. The number of amides is 1. The second kappa shape index (κ2) is 6.65. The van der Waals surface area contributed by atoms with Gasteiger partial charge in [0.25, 0.3) is 0 Å². The zero-order valence-corrected chi connectivity index (χ0v) is 11.8. The van der Waals surface area contributed by atoms with Crippen LogP contribution in [0.1, 0.15) is 19.3 Å². The average molecular weight is 367 g/mol. The van der Waals surface area contributed by atoms with Crippen LogP contribution in [0.15, 0.2) is 15.4 Å². The second-order valence-electron chi connectivity index (χ2n) is 3.13. The summed E-state index contributed by atoms with van der Waals surface area (Å²) in [5.41, 5.74) is 0. The molecule has 1 aromatic heterocycles. The molecule has 17 heavy (non-hydrogen) atoms. The topological polar surface area (TPSA) is 92.2 Å². The van der Waals surface area contributed by atoms with Gasteiger partial charge in [0.05, 0.1) is 6.20 Å². The van der Waals surface area contributed by atoms with Crippen molar-refractivity contribution in [2.45, 2.75) is 19.3 Å². The lowest BCUT2D eigenvalue weighted by Crippen LogP contribution is -2.13. The van der Waals surface area contributed by atoms with E-state index in [4.69, 9.17) is 5.11 Å². The minimum Gasteiger partial charge on any atom is -0.481 e. The second-order valence-corrected chi connectivity index (χ2v) is 4.69. The first-order chi connectivity index (χ1) is 7.99. The minimum atomic E-state index is -0.914. The van der Waals surface area contributed by atoms with Crippen LogP contribution in [0, 0.1) is 0 Å². The number of nitrogens with one attached hydrogen (secondary N) is 1. The van der Waals surface area contributed by atoms with Gasteiger partial charge in [0.2, 0.25) is 5.91 Å². The summed E-state index contributed by atoms with van der Waals surface area (Å²) in [4.78, 5) is 29.6. The molecule has 0 aliphatic rings. The van der Waals surface area contributed by atoms with E-state index in [0.29, 0.717) is 21.4 Å². The van der Waals surface area contributed by atoms with Gasteiger partial charge in [0, 0.05) is 12.8 Å². The van der Waals surface area contributed by atoms with Crippen molar-refractivity contribution in [3.63, 3.8) is 0 Å². The van der Waals surface area contributed by atoms with E-state index in [0.717, 1.165) is 0 Å². The molecule has 1 rings (SSSR count). The van der Waals surface area contributed by atoms with Crippen LogP contribution >= 0.6 is 31.9 Å². The number of carbonyl (C=O) groups is 2. The van der Waals surface area contributed by atoms with E-state index in [1.54, 1.807) is 0 Å². The fourth-order valence-electron chi connectivity index (χ4n) is 1.03. The number of anilines is 1. The van der Waals surface area contributed by atoms with Crippen LogP contribution in [0.4, 0.5) is 5.82 Å². The zero-order chi connectivity index (χ0) is 12.8. The number of hydrogen-bond acceptors (Lipinski definition) is 4. The van der Waals surface area contributed by atoms with Gasteiger partial charge in [-0.2, -0.15) is 0 Å². The van der Waals surface area contributed by atoms with E-state index in [1.165, 1.54) is 6.20 Å². The van der Waals surface area contributed by atoms with Gasteiger partial charge in [0.15, 0.2) is 5.82 Å². The van der Waals surface area contributed by atoms with E-state index in [1.807, 2.05) is 0 Å². The number of carboxylic acid groups (broad SMARTS) is 1. The lowest BCUT2D eigenvalue weighted by atomic mass is 10.2. The molecule has 0 aliphatic heterocycles. The molecule has 92 valence electrons. The van der Waals surface area contributed by atoms with Crippen LogP contribution in [0.3, 0.4) is 0 Å². The minimum absolute atomic E-state index is 0.0272. The lowest BCUT2D eigenvalue weighted by molar-refractivity contribution is -0.137. The Bertz CT molecular complexity index is 439. The summed E-state index contributed by atoms with van der Waals surface area (Å²) >= 11 is 6.29. The molecule has 0 saturated carbocycles. The summed E-state index contributed by atoms with van der Waals surface area (Å²) in [6.07, 6.45) is 1.86. The highest BCUT2D eigenvalue weighted by Gasteiger charge is 2.09. The van der Waals surface area contributed by atoms with Gasteiger partial charge in [-0.1, -0.05) is 0 Å². The third-order valence-electron chi connectivity index (χ3n) is 1.75. The third kappa shape index (κ3) is 5.22. The molecule has 0 saturated heterocycles. The summed E-state index contributed by atoms with van der Waals surface area (Å²) in [6.45, 7) is 0. The first-order valence-electron chi connectivity index (χ1n) is 4.68. The molecule has 0 radical (unpaired) electrons. The van der Waals surface area contributed by atoms with E-state index in [9.17, 15) is 9.59 Å². The Morgan fingerprint density at radius 3 is 2.65 bits per heavy atom. The number of carboxylic acids is 1. The molecule has 1 amide bonds. The molecule has 0 fully saturated rings. The van der Waals surface area contributed by atoms with Crippen molar-refractivity contribution in [3.05, 3.63) is 15.4 Å². The molecule has 8 heteroatoms. The number of carbonyl (C=O) groups excluding carboxylic acids is 1. The first kappa shape index (κ1) is 14.0. The summed E-state index contributed by atoms with van der Waals surface area (Å²) < 4.78 is 0.965. The normalized spacial score (nSPS) is 10.0. The van der Waals surface area contributed by atoms with Gasteiger partial charge in [-0.25, -0.2) is 9.97 Å². The highest BCUT2D eigenvalue weighted by atomic mass is 79.9. The molecule has 0 bridgehead atoms. The van der Waals surface area contributed by atoms with Gasteiger partial charge < -0.3 is 10.4 Å². The highest BCUT2D eigenvalue weighted by molar-refractivity contribution is 9.11.